The Bertz CT molecular complexity index is 1010. The maximum atomic E-state index is 12.3. The van der Waals surface area contributed by atoms with Crippen LogP contribution in [0.25, 0.3) is 11.3 Å². The van der Waals surface area contributed by atoms with Crippen molar-refractivity contribution in [1.29, 1.82) is 5.26 Å². The van der Waals surface area contributed by atoms with E-state index in [4.69, 9.17) is 18.9 Å². The molecule has 0 bridgehead atoms. The van der Waals surface area contributed by atoms with Crippen molar-refractivity contribution in [2.24, 2.45) is 0 Å². The fraction of sp³-hybridized carbons (Fsp3) is 0.182. The van der Waals surface area contributed by atoms with Gasteiger partial charge in [0.25, 0.3) is 0 Å². The second-order valence-electron chi connectivity index (χ2n) is 5.80. The number of carbonyl (C=O) groups excluding carboxylic acids is 1. The zero-order chi connectivity index (χ0) is 20.1. The molecule has 1 heterocycles. The van der Waals surface area contributed by atoms with E-state index in [-0.39, 0.29) is 12.2 Å². The summed E-state index contributed by atoms with van der Waals surface area (Å²) in [7, 11) is 3.11. The van der Waals surface area contributed by atoms with Crippen LogP contribution in [0.1, 0.15) is 18.1 Å². The van der Waals surface area contributed by atoms with E-state index in [1.54, 1.807) is 51.5 Å². The van der Waals surface area contributed by atoms with Gasteiger partial charge in [0.05, 0.1) is 20.8 Å². The monoisotopic (exact) mass is 377 g/mol. The second kappa shape index (κ2) is 8.31. The third-order valence-corrected chi connectivity index (χ3v) is 4.20. The molecule has 0 saturated carbocycles. The molecule has 0 unspecified atom stereocenters. The highest BCUT2D eigenvalue weighted by molar-refractivity contribution is 6.06. The number of fused-ring (bicyclic) bond motifs is 1. The van der Waals surface area contributed by atoms with Crippen LogP contribution in [-0.4, -0.2) is 26.8 Å². The van der Waals surface area contributed by atoms with E-state index >= 15 is 0 Å². The molecule has 0 aromatic heterocycles. The number of benzene rings is 2. The fourth-order valence-corrected chi connectivity index (χ4v) is 2.89. The molecule has 6 nitrogen and oxygen atoms in total. The first-order chi connectivity index (χ1) is 13.6. The minimum atomic E-state index is -0.667. The molecule has 3 rings (SSSR count). The number of nitrogens with zero attached hydrogens (tertiary/aromatic N) is 1. The zero-order valence-corrected chi connectivity index (χ0v) is 15.8. The predicted octanol–water partition coefficient (Wildman–Crippen LogP) is 3.98. The maximum Gasteiger partial charge on any atom is 0.349 e. The van der Waals surface area contributed by atoms with Gasteiger partial charge in [0, 0.05) is 16.7 Å². The molecular formula is C22H19NO5. The topological polar surface area (TPSA) is 77.8 Å². The molecule has 2 aromatic rings. The third kappa shape index (κ3) is 3.55. The van der Waals surface area contributed by atoms with Gasteiger partial charge in [0.15, 0.2) is 11.5 Å². The standard InChI is InChI=1S/C22H19NO5/c1-4-27-22(24)17(13-23)16-12-20(28-18-8-6-5-7-15(16)18)14-9-10-19(25-2)21(11-14)26-3/h5-12H,4H2,1-3H3/b17-16-. The summed E-state index contributed by atoms with van der Waals surface area (Å²) in [5.41, 5.74) is 1.74. The molecule has 0 saturated heterocycles. The van der Waals surface area contributed by atoms with E-state index in [1.807, 2.05) is 24.3 Å². The van der Waals surface area contributed by atoms with Crippen molar-refractivity contribution >= 4 is 17.3 Å². The van der Waals surface area contributed by atoms with E-state index in [1.165, 1.54) is 0 Å². The summed E-state index contributed by atoms with van der Waals surface area (Å²) in [5.74, 6) is 1.48. The number of esters is 1. The van der Waals surface area contributed by atoms with Crippen molar-refractivity contribution in [2.45, 2.75) is 6.92 Å². The molecule has 1 aliphatic heterocycles. The number of hydrogen-bond donors (Lipinski definition) is 0. The largest absolute Gasteiger partial charge is 0.493 e. The Kier molecular flexibility index (Phi) is 5.66. The number of nitriles is 1. The molecule has 0 N–H and O–H groups in total. The highest BCUT2D eigenvalue weighted by Crippen LogP contribution is 2.40. The van der Waals surface area contributed by atoms with Gasteiger partial charge in [-0.2, -0.15) is 5.26 Å². The number of carbonyl (C=O) groups is 1. The van der Waals surface area contributed by atoms with Crippen LogP contribution in [0.15, 0.2) is 54.1 Å². The Morgan fingerprint density at radius 2 is 1.86 bits per heavy atom. The molecule has 1 aliphatic rings. The van der Waals surface area contributed by atoms with Crippen LogP contribution in [0.2, 0.25) is 0 Å². The van der Waals surface area contributed by atoms with Gasteiger partial charge in [-0.1, -0.05) is 18.2 Å². The van der Waals surface area contributed by atoms with E-state index in [0.717, 1.165) is 0 Å². The average molecular weight is 377 g/mol. The third-order valence-electron chi connectivity index (χ3n) is 4.20. The van der Waals surface area contributed by atoms with Crippen LogP contribution in [0.3, 0.4) is 0 Å². The molecule has 142 valence electrons. The SMILES string of the molecule is CCOC(=O)/C(C#N)=C1/C=C(c2ccc(OC)c(OC)c2)Oc2ccccc21. The lowest BCUT2D eigenvalue weighted by Crippen LogP contribution is -2.11. The Hall–Kier alpha value is -3.72. The van der Waals surface area contributed by atoms with Gasteiger partial charge in [0.1, 0.15) is 23.2 Å². The van der Waals surface area contributed by atoms with E-state index in [9.17, 15) is 10.1 Å². The summed E-state index contributed by atoms with van der Waals surface area (Å²) >= 11 is 0. The lowest BCUT2D eigenvalue weighted by atomic mass is 9.95. The Morgan fingerprint density at radius 1 is 1.11 bits per heavy atom. The van der Waals surface area contributed by atoms with Crippen LogP contribution >= 0.6 is 0 Å². The molecule has 6 heteroatoms. The van der Waals surface area contributed by atoms with Crippen molar-refractivity contribution in [3.05, 3.63) is 65.2 Å². The summed E-state index contributed by atoms with van der Waals surface area (Å²) in [6.07, 6.45) is 1.67. The van der Waals surface area contributed by atoms with Crippen LogP contribution in [0.5, 0.6) is 17.2 Å². The first-order valence-corrected chi connectivity index (χ1v) is 8.65. The lowest BCUT2D eigenvalue weighted by Gasteiger charge is -2.21. The number of methoxy groups -OCH3 is 2. The van der Waals surface area contributed by atoms with Gasteiger partial charge in [-0.05, 0) is 37.3 Å². The first kappa shape index (κ1) is 19.1. The quantitative estimate of drug-likeness (QED) is 0.446. The highest BCUT2D eigenvalue weighted by atomic mass is 16.5. The summed E-state index contributed by atoms with van der Waals surface area (Å²) < 4.78 is 21.7. The average Bonchev–Trinajstić information content (AvgIpc) is 2.73. The molecule has 0 amide bonds. The predicted molar refractivity (Wildman–Crippen MR) is 104 cm³/mol. The second-order valence-corrected chi connectivity index (χ2v) is 5.80. The minimum Gasteiger partial charge on any atom is -0.493 e. The summed E-state index contributed by atoms with van der Waals surface area (Å²) in [5, 5.41) is 9.59. The van der Waals surface area contributed by atoms with Gasteiger partial charge >= 0.3 is 5.97 Å². The van der Waals surface area contributed by atoms with Gasteiger partial charge in [0.2, 0.25) is 0 Å². The van der Waals surface area contributed by atoms with Gasteiger partial charge in [-0.15, -0.1) is 0 Å². The molecule has 0 atom stereocenters. The summed E-state index contributed by atoms with van der Waals surface area (Å²) in [6, 6.07) is 14.5. The molecule has 28 heavy (non-hydrogen) atoms. The van der Waals surface area contributed by atoms with Crippen molar-refractivity contribution in [2.75, 3.05) is 20.8 Å². The molecular weight excluding hydrogens is 358 g/mol. The van der Waals surface area contributed by atoms with Crippen LogP contribution in [0, 0.1) is 11.3 Å². The minimum absolute atomic E-state index is 0.0735. The van der Waals surface area contributed by atoms with Crippen LogP contribution in [0.4, 0.5) is 0 Å². The maximum absolute atomic E-state index is 12.3. The molecule has 0 aliphatic carbocycles. The smallest absolute Gasteiger partial charge is 0.349 e. The van der Waals surface area contributed by atoms with Crippen molar-refractivity contribution in [1.82, 2.24) is 0 Å². The Labute approximate surface area is 163 Å². The number of rotatable bonds is 5. The number of ether oxygens (including phenoxy) is 4. The van der Waals surface area contributed by atoms with Crippen molar-refractivity contribution < 1.29 is 23.7 Å². The number of para-hydroxylation sites is 1. The molecule has 0 radical (unpaired) electrons. The van der Waals surface area contributed by atoms with Gasteiger partial charge in [-0.25, -0.2) is 4.79 Å². The number of allylic oxidation sites excluding steroid dienone is 2. The van der Waals surface area contributed by atoms with E-state index in [0.29, 0.717) is 39.7 Å². The summed E-state index contributed by atoms with van der Waals surface area (Å²) in [4.78, 5) is 12.3. The molecule has 2 aromatic carbocycles. The van der Waals surface area contributed by atoms with E-state index < -0.39 is 5.97 Å². The van der Waals surface area contributed by atoms with E-state index in [2.05, 4.69) is 0 Å². The Balaban J connectivity index is 2.18. The lowest BCUT2D eigenvalue weighted by molar-refractivity contribution is -0.137. The van der Waals surface area contributed by atoms with Crippen LogP contribution < -0.4 is 14.2 Å². The van der Waals surface area contributed by atoms with Gasteiger partial charge in [-0.3, -0.25) is 0 Å². The summed E-state index contributed by atoms with van der Waals surface area (Å²) in [6.45, 7) is 1.88. The van der Waals surface area contributed by atoms with Crippen LogP contribution in [-0.2, 0) is 9.53 Å². The van der Waals surface area contributed by atoms with Crippen molar-refractivity contribution in [3.8, 4) is 23.3 Å². The normalized spacial score (nSPS) is 14.0. The fourth-order valence-electron chi connectivity index (χ4n) is 2.89. The zero-order valence-electron chi connectivity index (χ0n) is 15.8. The first-order valence-electron chi connectivity index (χ1n) is 8.65. The van der Waals surface area contributed by atoms with Crippen molar-refractivity contribution in [3.63, 3.8) is 0 Å². The molecule has 0 fully saturated rings. The Morgan fingerprint density at radius 3 is 2.54 bits per heavy atom. The van der Waals surface area contributed by atoms with Gasteiger partial charge < -0.3 is 18.9 Å². The highest BCUT2D eigenvalue weighted by Gasteiger charge is 2.25. The molecule has 0 spiro atoms. The number of hydrogen-bond acceptors (Lipinski definition) is 6.